The van der Waals surface area contributed by atoms with E-state index in [-0.39, 0.29) is 12.2 Å². The van der Waals surface area contributed by atoms with E-state index in [1.54, 1.807) is 31.2 Å². The third kappa shape index (κ3) is 3.28. The number of carbonyl (C=O) groups excluding carboxylic acids is 1. The number of carbonyl (C=O) groups is 1. The Morgan fingerprint density at radius 2 is 2.12 bits per heavy atom. The molecule has 0 saturated carbocycles. The van der Waals surface area contributed by atoms with Crippen molar-refractivity contribution in [1.29, 1.82) is 0 Å². The zero-order valence-electron chi connectivity index (χ0n) is 13.2. The first-order valence-corrected chi connectivity index (χ1v) is 8.15. The first-order chi connectivity index (χ1) is 11.6. The fourth-order valence-corrected chi connectivity index (χ4v) is 3.00. The summed E-state index contributed by atoms with van der Waals surface area (Å²) in [5.74, 6) is -0.0300. The second-order valence-corrected chi connectivity index (χ2v) is 5.97. The highest BCUT2D eigenvalue weighted by Crippen LogP contribution is 2.20. The maximum atomic E-state index is 12.2. The molecule has 7 nitrogen and oxygen atoms in total. The molecular formula is C16H15N3O4S. The van der Waals surface area contributed by atoms with Crippen LogP contribution >= 0.6 is 11.3 Å². The van der Waals surface area contributed by atoms with E-state index >= 15 is 0 Å². The van der Waals surface area contributed by atoms with Gasteiger partial charge in [-0.2, -0.15) is 9.61 Å². The third-order valence-corrected chi connectivity index (χ3v) is 4.03. The predicted molar refractivity (Wildman–Crippen MR) is 88.6 cm³/mol. The van der Waals surface area contributed by atoms with Gasteiger partial charge in [0.2, 0.25) is 4.96 Å². The molecule has 0 N–H and O–H groups in total. The highest BCUT2D eigenvalue weighted by atomic mass is 32.1. The molecule has 2 aromatic heterocycles. The molecule has 8 heteroatoms. The Kier molecular flexibility index (Phi) is 4.57. The quantitative estimate of drug-likeness (QED) is 0.659. The van der Waals surface area contributed by atoms with E-state index in [9.17, 15) is 9.59 Å². The van der Waals surface area contributed by atoms with Gasteiger partial charge in [0, 0.05) is 11.8 Å². The Hall–Kier alpha value is -2.74. The summed E-state index contributed by atoms with van der Waals surface area (Å²) >= 11 is 1.21. The number of rotatable bonds is 5. The average molecular weight is 345 g/mol. The van der Waals surface area contributed by atoms with Gasteiger partial charge in [-0.1, -0.05) is 23.5 Å². The Labute approximate surface area is 141 Å². The summed E-state index contributed by atoms with van der Waals surface area (Å²) in [6.45, 7) is 4.00. The molecule has 0 amide bonds. The highest BCUT2D eigenvalue weighted by Gasteiger charge is 2.15. The number of ether oxygens (including phenoxy) is 2. The molecule has 0 atom stereocenters. The van der Waals surface area contributed by atoms with Crippen LogP contribution < -0.4 is 10.3 Å². The van der Waals surface area contributed by atoms with Gasteiger partial charge in [0.15, 0.2) is 5.01 Å². The van der Waals surface area contributed by atoms with Crippen molar-refractivity contribution in [3.63, 3.8) is 0 Å². The maximum Gasteiger partial charge on any atom is 0.342 e. The van der Waals surface area contributed by atoms with Gasteiger partial charge < -0.3 is 9.47 Å². The van der Waals surface area contributed by atoms with Crippen LogP contribution in [0.2, 0.25) is 0 Å². The average Bonchev–Trinajstić information content (AvgIpc) is 2.97. The number of fused-ring (bicyclic) bond motifs is 1. The molecule has 1 aromatic carbocycles. The number of aromatic nitrogens is 3. The molecule has 0 spiro atoms. The zero-order valence-corrected chi connectivity index (χ0v) is 14.0. The maximum absolute atomic E-state index is 12.2. The topological polar surface area (TPSA) is 82.8 Å². The summed E-state index contributed by atoms with van der Waals surface area (Å²) in [5.41, 5.74) is 0.720. The number of nitrogens with zero attached hydrogens (tertiary/aromatic N) is 3. The second kappa shape index (κ2) is 6.79. The van der Waals surface area contributed by atoms with Crippen LogP contribution in [-0.4, -0.2) is 27.2 Å². The molecule has 0 fully saturated rings. The Morgan fingerprint density at radius 1 is 1.33 bits per heavy atom. The fraction of sp³-hybridized carbons (Fsp3) is 0.250. The van der Waals surface area contributed by atoms with Gasteiger partial charge >= 0.3 is 5.97 Å². The van der Waals surface area contributed by atoms with E-state index < -0.39 is 5.97 Å². The van der Waals surface area contributed by atoms with Crippen LogP contribution in [-0.2, 0) is 11.3 Å². The van der Waals surface area contributed by atoms with Crippen LogP contribution in [0.4, 0.5) is 0 Å². The minimum atomic E-state index is -0.505. The third-order valence-electron chi connectivity index (χ3n) is 3.15. The van der Waals surface area contributed by atoms with E-state index in [1.807, 2.05) is 6.92 Å². The molecule has 0 aliphatic carbocycles. The lowest BCUT2D eigenvalue weighted by Crippen LogP contribution is -2.14. The molecule has 2 heterocycles. The second-order valence-electron chi connectivity index (χ2n) is 4.93. The minimum absolute atomic E-state index is 0.0359. The molecule has 0 saturated heterocycles. The van der Waals surface area contributed by atoms with E-state index in [1.165, 1.54) is 21.9 Å². The molecule has 0 radical (unpaired) electrons. The lowest BCUT2D eigenvalue weighted by Gasteiger charge is -2.08. The van der Waals surface area contributed by atoms with E-state index in [0.29, 0.717) is 33.6 Å². The van der Waals surface area contributed by atoms with E-state index in [2.05, 4.69) is 10.1 Å². The molecule has 124 valence electrons. The molecule has 24 heavy (non-hydrogen) atoms. The van der Waals surface area contributed by atoms with E-state index in [0.717, 1.165) is 0 Å². The SMILES string of the molecule is CCOc1ccccc1C(=O)OCc1nn2c(=O)cc(C)nc2s1. The Balaban J connectivity index is 1.77. The van der Waals surface area contributed by atoms with Crippen molar-refractivity contribution < 1.29 is 14.3 Å². The van der Waals surface area contributed by atoms with Gasteiger partial charge in [0.25, 0.3) is 5.56 Å². The van der Waals surface area contributed by atoms with Crippen molar-refractivity contribution >= 4 is 22.3 Å². The Bertz CT molecular complexity index is 948. The van der Waals surface area contributed by atoms with Crippen LogP contribution in [0.25, 0.3) is 4.96 Å². The van der Waals surface area contributed by atoms with Crippen LogP contribution in [0.3, 0.4) is 0 Å². The van der Waals surface area contributed by atoms with Crippen molar-refractivity contribution in [1.82, 2.24) is 14.6 Å². The first kappa shape index (κ1) is 16.1. The van der Waals surface area contributed by atoms with Crippen molar-refractivity contribution in [2.75, 3.05) is 6.61 Å². The van der Waals surface area contributed by atoms with Gasteiger partial charge in [-0.3, -0.25) is 4.79 Å². The number of para-hydroxylation sites is 1. The number of esters is 1. The zero-order chi connectivity index (χ0) is 17.1. The van der Waals surface area contributed by atoms with Crippen molar-refractivity contribution in [3.8, 4) is 5.75 Å². The van der Waals surface area contributed by atoms with Crippen molar-refractivity contribution in [3.05, 3.63) is 57.0 Å². The fourth-order valence-electron chi connectivity index (χ4n) is 2.14. The minimum Gasteiger partial charge on any atom is -0.493 e. The van der Waals surface area contributed by atoms with Gasteiger partial charge in [-0.15, -0.1) is 0 Å². The van der Waals surface area contributed by atoms with Crippen molar-refractivity contribution in [2.45, 2.75) is 20.5 Å². The van der Waals surface area contributed by atoms with Crippen LogP contribution in [0.5, 0.6) is 5.75 Å². The smallest absolute Gasteiger partial charge is 0.342 e. The molecule has 0 aliphatic heterocycles. The number of benzene rings is 1. The van der Waals surface area contributed by atoms with E-state index in [4.69, 9.17) is 9.47 Å². The van der Waals surface area contributed by atoms with Gasteiger partial charge in [-0.25, -0.2) is 9.78 Å². The molecule has 0 unspecified atom stereocenters. The summed E-state index contributed by atoms with van der Waals surface area (Å²) in [7, 11) is 0. The largest absolute Gasteiger partial charge is 0.493 e. The standard InChI is InChI=1S/C16H15N3O4S/c1-3-22-12-7-5-4-6-11(12)15(21)23-9-13-18-19-14(20)8-10(2)17-16(19)24-13/h4-8H,3,9H2,1-2H3. The molecular weight excluding hydrogens is 330 g/mol. The number of aryl methyl sites for hydroxylation is 1. The number of hydrogen-bond donors (Lipinski definition) is 0. The summed E-state index contributed by atoms with van der Waals surface area (Å²) in [6.07, 6.45) is 0. The van der Waals surface area contributed by atoms with Crippen LogP contribution in [0.15, 0.2) is 35.1 Å². The first-order valence-electron chi connectivity index (χ1n) is 7.34. The number of hydrogen-bond acceptors (Lipinski definition) is 7. The molecule has 3 rings (SSSR count). The Morgan fingerprint density at radius 3 is 2.92 bits per heavy atom. The van der Waals surface area contributed by atoms with Gasteiger partial charge in [0.05, 0.1) is 6.61 Å². The van der Waals surface area contributed by atoms with Gasteiger partial charge in [-0.05, 0) is 26.0 Å². The predicted octanol–water partition coefficient (Wildman–Crippen LogP) is 2.22. The summed E-state index contributed by atoms with van der Waals surface area (Å²) in [6, 6.07) is 8.28. The monoisotopic (exact) mass is 345 g/mol. The highest BCUT2D eigenvalue weighted by molar-refractivity contribution is 7.16. The molecule has 0 bridgehead atoms. The lowest BCUT2D eigenvalue weighted by molar-refractivity contribution is 0.0467. The summed E-state index contributed by atoms with van der Waals surface area (Å²) in [5, 5.41) is 4.62. The van der Waals surface area contributed by atoms with Crippen LogP contribution in [0, 0.1) is 6.92 Å². The molecule has 0 aliphatic rings. The van der Waals surface area contributed by atoms with Gasteiger partial charge in [0.1, 0.15) is 17.9 Å². The van der Waals surface area contributed by atoms with Crippen molar-refractivity contribution in [2.24, 2.45) is 0 Å². The normalized spacial score (nSPS) is 10.8. The van der Waals surface area contributed by atoms with Crippen LogP contribution in [0.1, 0.15) is 28.0 Å². The lowest BCUT2D eigenvalue weighted by atomic mass is 10.2. The summed E-state index contributed by atoms with van der Waals surface area (Å²) in [4.78, 5) is 28.8. The molecule has 3 aromatic rings. The summed E-state index contributed by atoms with van der Waals surface area (Å²) < 4.78 is 11.9.